The van der Waals surface area contributed by atoms with E-state index >= 15 is 0 Å². The molecule has 0 saturated carbocycles. The van der Waals surface area contributed by atoms with Gasteiger partial charge in [-0.3, -0.25) is 0 Å². The van der Waals surface area contributed by atoms with Gasteiger partial charge in [-0.15, -0.1) is 0 Å². The fourth-order valence-corrected chi connectivity index (χ4v) is 1.20. The largest absolute Gasteiger partial charge is 0.378 e. The highest BCUT2D eigenvalue weighted by atomic mass is 127. The summed E-state index contributed by atoms with van der Waals surface area (Å²) in [6.45, 7) is 13.4. The van der Waals surface area contributed by atoms with Gasteiger partial charge in [-0.1, -0.05) is 22.6 Å². The van der Waals surface area contributed by atoms with Crippen molar-refractivity contribution in [1.29, 1.82) is 0 Å². The fraction of sp³-hybridized carbons (Fsp3) is 1.00. The molecule has 0 radical (unpaired) electrons. The van der Waals surface area contributed by atoms with Gasteiger partial charge in [-0.25, -0.2) is 0 Å². The Bertz CT molecular complexity index is 143. The Hall–Kier alpha value is 0.610. The van der Waals surface area contributed by atoms with Gasteiger partial charge in [0.2, 0.25) is 0 Å². The molecule has 0 atom stereocenters. The van der Waals surface area contributed by atoms with Crippen LogP contribution in [0.25, 0.3) is 0 Å². The first-order valence-electron chi connectivity index (χ1n) is 5.36. The smallest absolute Gasteiger partial charge is 0.0707 e. The van der Waals surface area contributed by atoms with Crippen molar-refractivity contribution in [2.45, 2.75) is 43.8 Å². The van der Waals surface area contributed by atoms with E-state index in [1.807, 2.05) is 20.8 Å². The number of hydrogen-bond acceptors (Lipinski definition) is 3. The predicted octanol–water partition coefficient (Wildman–Crippen LogP) is 2.58. The molecule has 4 heteroatoms. The van der Waals surface area contributed by atoms with Crippen LogP contribution in [-0.2, 0) is 9.47 Å². The van der Waals surface area contributed by atoms with E-state index in [1.165, 1.54) is 0 Å². The maximum Gasteiger partial charge on any atom is 0.0707 e. The number of alkyl halides is 1. The van der Waals surface area contributed by atoms with E-state index in [2.05, 4.69) is 41.8 Å². The summed E-state index contributed by atoms with van der Waals surface area (Å²) in [6, 6.07) is 0. The third-order valence-electron chi connectivity index (χ3n) is 1.55. The second-order valence-electron chi connectivity index (χ2n) is 4.97. The van der Waals surface area contributed by atoms with Gasteiger partial charge in [0.05, 0.1) is 29.0 Å². The van der Waals surface area contributed by atoms with Crippen LogP contribution in [0.1, 0.15) is 34.6 Å². The number of nitrogens with one attached hydrogen (secondary N) is 1. The maximum atomic E-state index is 5.53. The van der Waals surface area contributed by atoms with Gasteiger partial charge < -0.3 is 14.8 Å². The summed E-state index contributed by atoms with van der Waals surface area (Å²) < 4.78 is 11.1. The van der Waals surface area contributed by atoms with Crippen LogP contribution in [0.4, 0.5) is 0 Å². The van der Waals surface area contributed by atoms with Gasteiger partial charge >= 0.3 is 0 Å². The van der Waals surface area contributed by atoms with Gasteiger partial charge in [0, 0.05) is 6.54 Å². The Balaban J connectivity index is 3.20. The van der Waals surface area contributed by atoms with Crippen LogP contribution in [0, 0.1) is 0 Å². The molecule has 0 saturated heterocycles. The molecule has 0 aromatic rings. The molecule has 0 spiro atoms. The molecule has 0 bridgehead atoms. The van der Waals surface area contributed by atoms with Crippen LogP contribution in [0.2, 0.25) is 0 Å². The monoisotopic (exact) mass is 329 g/mol. The second-order valence-corrected chi connectivity index (χ2v) is 7.67. The maximum absolute atomic E-state index is 5.53. The first-order chi connectivity index (χ1) is 6.71. The second kappa shape index (κ2) is 7.04. The quantitative estimate of drug-likeness (QED) is 0.337. The van der Waals surface area contributed by atoms with Crippen LogP contribution in [0.3, 0.4) is 0 Å². The van der Waals surface area contributed by atoms with Crippen LogP contribution in [-0.4, -0.2) is 35.5 Å². The summed E-state index contributed by atoms with van der Waals surface area (Å²) in [4.78, 5) is 0. The first kappa shape index (κ1) is 15.6. The van der Waals surface area contributed by atoms with Gasteiger partial charge in [0.15, 0.2) is 0 Å². The summed E-state index contributed by atoms with van der Waals surface area (Å²) >= 11 is 2.36. The van der Waals surface area contributed by atoms with Crippen LogP contribution >= 0.6 is 22.6 Å². The highest BCUT2D eigenvalue weighted by Crippen LogP contribution is 2.10. The van der Waals surface area contributed by atoms with Crippen molar-refractivity contribution in [2.24, 2.45) is 0 Å². The zero-order valence-electron chi connectivity index (χ0n) is 10.5. The van der Waals surface area contributed by atoms with Crippen molar-refractivity contribution >= 4 is 22.6 Å². The average molecular weight is 329 g/mol. The molecule has 0 aromatic heterocycles. The minimum Gasteiger partial charge on any atom is -0.378 e. The van der Waals surface area contributed by atoms with Crippen molar-refractivity contribution in [2.75, 3.05) is 26.4 Å². The molecule has 0 aromatic carbocycles. The molecule has 0 aliphatic carbocycles. The van der Waals surface area contributed by atoms with Crippen molar-refractivity contribution in [3.05, 3.63) is 0 Å². The summed E-state index contributed by atoms with van der Waals surface area (Å²) in [6.07, 6.45) is 0. The Kier molecular flexibility index (Phi) is 7.32. The van der Waals surface area contributed by atoms with Gasteiger partial charge in [0.25, 0.3) is 0 Å². The Morgan fingerprint density at radius 1 is 1.00 bits per heavy atom. The first-order valence-corrected chi connectivity index (χ1v) is 6.44. The molecule has 0 fully saturated rings. The fourth-order valence-electron chi connectivity index (χ4n) is 0.929. The predicted molar refractivity (Wildman–Crippen MR) is 72.6 cm³/mol. The lowest BCUT2D eigenvalue weighted by Gasteiger charge is -2.20. The van der Waals surface area contributed by atoms with E-state index in [4.69, 9.17) is 9.47 Å². The van der Waals surface area contributed by atoms with Crippen LogP contribution < -0.4 is 5.32 Å². The number of hydrogen-bond donors (Lipinski definition) is 1. The van der Waals surface area contributed by atoms with E-state index in [0.29, 0.717) is 13.2 Å². The topological polar surface area (TPSA) is 30.5 Å². The molecular formula is C11H24INO2. The van der Waals surface area contributed by atoms with Gasteiger partial charge in [-0.05, 0) is 34.6 Å². The lowest BCUT2D eigenvalue weighted by atomic mass is 10.2. The highest BCUT2D eigenvalue weighted by molar-refractivity contribution is 14.1. The molecular weight excluding hydrogens is 305 g/mol. The molecule has 0 rings (SSSR count). The number of halogens is 1. The summed E-state index contributed by atoms with van der Waals surface area (Å²) in [7, 11) is 0. The zero-order valence-corrected chi connectivity index (χ0v) is 12.7. The van der Waals surface area contributed by atoms with E-state index in [0.717, 1.165) is 13.2 Å². The average Bonchev–Trinajstić information content (AvgIpc) is 1.98. The summed E-state index contributed by atoms with van der Waals surface area (Å²) in [5, 5.41) is 3.35. The molecule has 0 aliphatic heterocycles. The van der Waals surface area contributed by atoms with Crippen molar-refractivity contribution in [1.82, 2.24) is 5.32 Å². The lowest BCUT2D eigenvalue weighted by Crippen LogP contribution is -2.35. The third kappa shape index (κ3) is 14.6. The van der Waals surface area contributed by atoms with Crippen LogP contribution in [0.5, 0.6) is 0 Å². The number of rotatable bonds is 7. The van der Waals surface area contributed by atoms with E-state index in [-0.39, 0.29) is 9.15 Å². The molecule has 92 valence electrons. The van der Waals surface area contributed by atoms with Gasteiger partial charge in [-0.2, -0.15) is 0 Å². The Morgan fingerprint density at radius 2 is 1.60 bits per heavy atom. The Labute approximate surface area is 107 Å². The lowest BCUT2D eigenvalue weighted by molar-refractivity contribution is -0.0344. The normalized spacial score (nSPS) is 13.2. The van der Waals surface area contributed by atoms with E-state index in [9.17, 15) is 0 Å². The number of ether oxygens (including phenoxy) is 2. The van der Waals surface area contributed by atoms with Gasteiger partial charge in [0.1, 0.15) is 0 Å². The zero-order chi connectivity index (χ0) is 11.9. The third-order valence-corrected chi connectivity index (χ3v) is 1.94. The standard InChI is InChI=1S/C11H24INO2/c1-10(2,3)15-9-8-14-7-6-13-11(4,5)12/h13H,6-9H2,1-5H3. The van der Waals surface area contributed by atoms with Crippen molar-refractivity contribution < 1.29 is 9.47 Å². The summed E-state index contributed by atoms with van der Waals surface area (Å²) in [5.74, 6) is 0. The molecule has 0 unspecified atom stereocenters. The van der Waals surface area contributed by atoms with E-state index in [1.54, 1.807) is 0 Å². The minimum absolute atomic E-state index is 0.0637. The Morgan fingerprint density at radius 3 is 2.07 bits per heavy atom. The molecule has 1 N–H and O–H groups in total. The molecule has 0 amide bonds. The van der Waals surface area contributed by atoms with Crippen molar-refractivity contribution in [3.8, 4) is 0 Å². The SMILES string of the molecule is CC(C)(I)NCCOCCOC(C)(C)C. The molecule has 15 heavy (non-hydrogen) atoms. The molecule has 3 nitrogen and oxygen atoms in total. The molecule has 0 heterocycles. The van der Waals surface area contributed by atoms with E-state index < -0.39 is 0 Å². The molecule has 0 aliphatic rings. The van der Waals surface area contributed by atoms with Crippen molar-refractivity contribution in [3.63, 3.8) is 0 Å². The highest BCUT2D eigenvalue weighted by Gasteiger charge is 2.10. The minimum atomic E-state index is -0.0637. The summed E-state index contributed by atoms with van der Waals surface area (Å²) in [5.41, 5.74) is -0.0637. The van der Waals surface area contributed by atoms with Crippen LogP contribution in [0.15, 0.2) is 0 Å².